The van der Waals surface area contributed by atoms with Crippen LogP contribution < -0.4 is 16.4 Å². The molecule has 0 radical (unpaired) electrons. The lowest BCUT2D eigenvalue weighted by molar-refractivity contribution is -0.143. The summed E-state index contributed by atoms with van der Waals surface area (Å²) >= 11 is 0. The standard InChI is InChI=1S/C27H40N4O5/c1-8-12-18(4)29-24(33)23(20-14-11-13-19(10-3)16-20)31(15-9-2)25(34)21(17-22(28)32)30-26(35)36-27(5,6)7/h9-11,13-14,16,18,21,23H,2-3,8,12,15,17H2,1,4-7H3,(H2,28,32)(H,29,33)(H,30,35). The van der Waals surface area contributed by atoms with Gasteiger partial charge in [0.2, 0.25) is 17.7 Å². The summed E-state index contributed by atoms with van der Waals surface area (Å²) in [6, 6.07) is 4.54. The molecule has 4 N–H and O–H groups in total. The van der Waals surface area contributed by atoms with Crippen LogP contribution in [0.3, 0.4) is 0 Å². The van der Waals surface area contributed by atoms with Gasteiger partial charge in [-0.1, -0.05) is 50.3 Å². The van der Waals surface area contributed by atoms with Crippen LogP contribution in [0.15, 0.2) is 43.5 Å². The summed E-state index contributed by atoms with van der Waals surface area (Å²) in [5.41, 5.74) is 5.86. The van der Waals surface area contributed by atoms with Gasteiger partial charge in [0.1, 0.15) is 17.7 Å². The molecule has 0 saturated heterocycles. The lowest BCUT2D eigenvalue weighted by Gasteiger charge is -2.34. The molecule has 36 heavy (non-hydrogen) atoms. The monoisotopic (exact) mass is 500 g/mol. The van der Waals surface area contributed by atoms with E-state index in [0.717, 1.165) is 18.4 Å². The van der Waals surface area contributed by atoms with Crippen LogP contribution in [0, 0.1) is 0 Å². The first kappa shape index (κ1) is 30.4. The van der Waals surface area contributed by atoms with Crippen LogP contribution in [-0.4, -0.2) is 52.9 Å². The first-order valence-electron chi connectivity index (χ1n) is 12.0. The molecule has 0 aromatic heterocycles. The molecule has 0 saturated carbocycles. The molecule has 9 heteroatoms. The van der Waals surface area contributed by atoms with Crippen molar-refractivity contribution in [1.29, 1.82) is 0 Å². The predicted molar refractivity (Wildman–Crippen MR) is 141 cm³/mol. The highest BCUT2D eigenvalue weighted by atomic mass is 16.6. The Bertz CT molecular complexity index is 954. The van der Waals surface area contributed by atoms with Crippen LogP contribution in [-0.2, 0) is 19.1 Å². The zero-order valence-electron chi connectivity index (χ0n) is 22.0. The van der Waals surface area contributed by atoms with E-state index in [0.29, 0.717) is 5.56 Å². The van der Waals surface area contributed by atoms with E-state index < -0.39 is 47.9 Å². The van der Waals surface area contributed by atoms with Crippen LogP contribution in [0.1, 0.15) is 71.0 Å². The van der Waals surface area contributed by atoms with E-state index >= 15 is 0 Å². The number of nitrogens with two attached hydrogens (primary N) is 1. The maximum absolute atomic E-state index is 13.8. The van der Waals surface area contributed by atoms with Gasteiger partial charge >= 0.3 is 6.09 Å². The normalized spacial score (nSPS) is 13.5. The van der Waals surface area contributed by atoms with E-state index in [1.807, 2.05) is 19.9 Å². The average Bonchev–Trinajstić information content (AvgIpc) is 2.76. The largest absolute Gasteiger partial charge is 0.444 e. The van der Waals surface area contributed by atoms with Crippen LogP contribution in [0.4, 0.5) is 4.79 Å². The Balaban J connectivity index is 3.50. The van der Waals surface area contributed by atoms with Gasteiger partial charge in [0.15, 0.2) is 0 Å². The fourth-order valence-electron chi connectivity index (χ4n) is 3.67. The number of primary amides is 1. The number of benzene rings is 1. The van der Waals surface area contributed by atoms with Crippen molar-refractivity contribution in [3.05, 3.63) is 54.6 Å². The Labute approximate surface area is 214 Å². The maximum Gasteiger partial charge on any atom is 0.408 e. The molecule has 1 rings (SSSR count). The van der Waals surface area contributed by atoms with Crippen LogP contribution >= 0.6 is 0 Å². The summed E-state index contributed by atoms with van der Waals surface area (Å²) in [4.78, 5) is 52.8. The number of carbonyl (C=O) groups is 4. The zero-order valence-corrected chi connectivity index (χ0v) is 22.0. The third-order valence-electron chi connectivity index (χ3n) is 5.14. The Kier molecular flexibility index (Phi) is 11.9. The summed E-state index contributed by atoms with van der Waals surface area (Å²) in [6.07, 6.45) is 3.38. The van der Waals surface area contributed by atoms with E-state index in [1.165, 1.54) is 11.0 Å². The van der Waals surface area contributed by atoms with Gasteiger partial charge in [0.05, 0.1) is 6.42 Å². The first-order valence-corrected chi connectivity index (χ1v) is 12.0. The second kappa shape index (κ2) is 14.1. The smallest absolute Gasteiger partial charge is 0.408 e. The van der Waals surface area contributed by atoms with Gasteiger partial charge in [-0.05, 0) is 51.3 Å². The van der Waals surface area contributed by atoms with Crippen molar-refractivity contribution in [2.75, 3.05) is 6.54 Å². The third kappa shape index (κ3) is 9.93. The van der Waals surface area contributed by atoms with E-state index in [2.05, 4.69) is 23.8 Å². The summed E-state index contributed by atoms with van der Waals surface area (Å²) in [7, 11) is 0. The number of nitrogens with one attached hydrogen (secondary N) is 2. The van der Waals surface area contributed by atoms with Gasteiger partial charge in [-0.25, -0.2) is 4.79 Å². The number of ether oxygens (including phenoxy) is 1. The second-order valence-electron chi connectivity index (χ2n) is 9.62. The summed E-state index contributed by atoms with van der Waals surface area (Å²) in [6.45, 7) is 16.4. The van der Waals surface area contributed by atoms with Gasteiger partial charge in [-0.2, -0.15) is 0 Å². The molecule has 0 heterocycles. The highest BCUT2D eigenvalue weighted by molar-refractivity contribution is 5.94. The van der Waals surface area contributed by atoms with Gasteiger partial charge in [0, 0.05) is 12.6 Å². The van der Waals surface area contributed by atoms with Crippen molar-refractivity contribution >= 4 is 29.9 Å². The second-order valence-corrected chi connectivity index (χ2v) is 9.62. The van der Waals surface area contributed by atoms with Crippen molar-refractivity contribution < 1.29 is 23.9 Å². The molecular formula is C27H40N4O5. The molecule has 0 bridgehead atoms. The molecule has 9 nitrogen and oxygen atoms in total. The molecule has 0 aliphatic rings. The first-order chi connectivity index (χ1) is 16.8. The van der Waals surface area contributed by atoms with Crippen molar-refractivity contribution in [1.82, 2.24) is 15.5 Å². The van der Waals surface area contributed by atoms with Crippen molar-refractivity contribution in [2.45, 2.75) is 77.6 Å². The number of hydrogen-bond acceptors (Lipinski definition) is 5. The molecule has 0 aliphatic carbocycles. The molecule has 1 aromatic rings. The topological polar surface area (TPSA) is 131 Å². The van der Waals surface area contributed by atoms with Gasteiger partial charge in [-0.15, -0.1) is 6.58 Å². The number of amides is 4. The molecule has 3 atom stereocenters. The Hall–Kier alpha value is -3.62. The van der Waals surface area contributed by atoms with Crippen molar-refractivity contribution in [3.8, 4) is 0 Å². The number of hydrogen-bond donors (Lipinski definition) is 3. The minimum Gasteiger partial charge on any atom is -0.444 e. The number of rotatable bonds is 13. The third-order valence-corrected chi connectivity index (χ3v) is 5.14. The molecular weight excluding hydrogens is 460 g/mol. The average molecular weight is 501 g/mol. The molecule has 4 amide bonds. The predicted octanol–water partition coefficient (Wildman–Crippen LogP) is 3.46. The highest BCUT2D eigenvalue weighted by Gasteiger charge is 2.36. The Morgan fingerprint density at radius 3 is 2.36 bits per heavy atom. The maximum atomic E-state index is 13.8. The summed E-state index contributed by atoms with van der Waals surface area (Å²) < 4.78 is 5.26. The van der Waals surface area contributed by atoms with Gasteiger partial charge in [-0.3, -0.25) is 14.4 Å². The summed E-state index contributed by atoms with van der Waals surface area (Å²) in [5, 5.41) is 5.40. The van der Waals surface area contributed by atoms with Gasteiger partial charge in [0.25, 0.3) is 0 Å². The fraction of sp³-hybridized carbons (Fsp3) is 0.481. The molecule has 3 unspecified atom stereocenters. The van der Waals surface area contributed by atoms with E-state index in [1.54, 1.807) is 45.0 Å². The molecule has 0 spiro atoms. The van der Waals surface area contributed by atoms with Crippen LogP contribution in [0.5, 0.6) is 0 Å². The van der Waals surface area contributed by atoms with Crippen LogP contribution in [0.2, 0.25) is 0 Å². The van der Waals surface area contributed by atoms with Crippen LogP contribution in [0.25, 0.3) is 6.08 Å². The Morgan fingerprint density at radius 1 is 1.17 bits per heavy atom. The van der Waals surface area contributed by atoms with Crippen molar-refractivity contribution in [3.63, 3.8) is 0 Å². The van der Waals surface area contributed by atoms with E-state index in [9.17, 15) is 19.2 Å². The SMILES string of the molecule is C=CCN(C(=O)C(CC(N)=O)NC(=O)OC(C)(C)C)C(C(=O)NC(C)CCC)c1cccc(C=C)c1. The zero-order chi connectivity index (χ0) is 27.5. The molecule has 0 aliphatic heterocycles. The molecule has 0 fully saturated rings. The van der Waals surface area contributed by atoms with Gasteiger partial charge < -0.3 is 26.0 Å². The van der Waals surface area contributed by atoms with E-state index in [-0.39, 0.29) is 12.6 Å². The quantitative estimate of drug-likeness (QED) is 0.357. The lowest BCUT2D eigenvalue weighted by Crippen LogP contribution is -2.54. The number of carbonyl (C=O) groups excluding carboxylic acids is 4. The minimum absolute atomic E-state index is 0.0251. The minimum atomic E-state index is -1.34. The highest BCUT2D eigenvalue weighted by Crippen LogP contribution is 2.25. The molecule has 1 aromatic carbocycles. The van der Waals surface area contributed by atoms with E-state index in [4.69, 9.17) is 10.5 Å². The van der Waals surface area contributed by atoms with Crippen molar-refractivity contribution in [2.24, 2.45) is 5.73 Å². The Morgan fingerprint density at radius 2 is 1.83 bits per heavy atom. The lowest BCUT2D eigenvalue weighted by atomic mass is 9.99. The fourth-order valence-corrected chi connectivity index (χ4v) is 3.67. The molecule has 198 valence electrons. The summed E-state index contributed by atoms with van der Waals surface area (Å²) in [5.74, 6) is -1.87. The number of alkyl carbamates (subject to hydrolysis) is 1. The number of nitrogens with zero attached hydrogens (tertiary/aromatic N) is 1.